The summed E-state index contributed by atoms with van der Waals surface area (Å²) >= 11 is 0. The second-order valence-corrected chi connectivity index (χ2v) is 3.90. The quantitative estimate of drug-likeness (QED) is 0.822. The molecule has 0 radical (unpaired) electrons. The molecule has 1 aromatic heterocycles. The van der Waals surface area contributed by atoms with Crippen LogP contribution >= 0.6 is 0 Å². The predicted molar refractivity (Wildman–Crippen MR) is 65.2 cm³/mol. The van der Waals surface area contributed by atoms with Gasteiger partial charge in [-0.3, -0.25) is 0 Å². The molecule has 2 aromatic rings. The fourth-order valence-corrected chi connectivity index (χ4v) is 1.69. The third-order valence-electron chi connectivity index (χ3n) is 2.64. The van der Waals surface area contributed by atoms with E-state index < -0.39 is 5.82 Å². The van der Waals surface area contributed by atoms with E-state index in [1.54, 1.807) is 18.4 Å². The van der Waals surface area contributed by atoms with Gasteiger partial charge in [0.25, 0.3) is 0 Å². The molecule has 0 aliphatic carbocycles. The highest BCUT2D eigenvalue weighted by Gasteiger charge is 2.06. The average Bonchev–Trinajstić information content (AvgIpc) is 2.89. The van der Waals surface area contributed by atoms with Crippen molar-refractivity contribution < 1.29 is 8.81 Å². The largest absolute Gasteiger partial charge is 0.469 e. The highest BCUT2D eigenvalue weighted by atomic mass is 19.1. The van der Waals surface area contributed by atoms with Crippen LogP contribution < -0.4 is 5.32 Å². The average molecular weight is 244 g/mol. The smallest absolute Gasteiger partial charge is 0.145 e. The number of nitrogens with zero attached hydrogens (tertiary/aromatic N) is 1. The number of rotatable bonds is 5. The first-order valence-corrected chi connectivity index (χ1v) is 5.72. The van der Waals surface area contributed by atoms with E-state index in [2.05, 4.69) is 5.32 Å². The van der Waals surface area contributed by atoms with E-state index in [0.717, 1.165) is 12.2 Å². The Morgan fingerprint density at radius 2 is 2.17 bits per heavy atom. The number of nitrogens with one attached hydrogen (secondary N) is 1. The van der Waals surface area contributed by atoms with Gasteiger partial charge in [0.15, 0.2) is 0 Å². The summed E-state index contributed by atoms with van der Waals surface area (Å²) in [5.74, 6) is 0.458. The standard InChI is InChI=1S/C14H13FN2O/c15-14-11(9-16)3-1-4-12(14)10-17-7-6-13-5-2-8-18-13/h1-5,8,17H,6-7,10H2. The van der Waals surface area contributed by atoms with Gasteiger partial charge in [0.1, 0.15) is 17.6 Å². The van der Waals surface area contributed by atoms with Crippen molar-refractivity contribution in [2.24, 2.45) is 0 Å². The Balaban J connectivity index is 1.85. The summed E-state index contributed by atoms with van der Waals surface area (Å²) in [6, 6.07) is 10.4. The van der Waals surface area contributed by atoms with Gasteiger partial charge in [-0.25, -0.2) is 4.39 Å². The van der Waals surface area contributed by atoms with E-state index in [1.807, 2.05) is 18.2 Å². The molecule has 0 saturated heterocycles. The summed E-state index contributed by atoms with van der Waals surface area (Å²) in [4.78, 5) is 0. The van der Waals surface area contributed by atoms with Crippen LogP contribution in [-0.4, -0.2) is 6.54 Å². The van der Waals surface area contributed by atoms with Crippen molar-refractivity contribution in [3.05, 3.63) is 59.3 Å². The molecule has 1 aromatic carbocycles. The minimum atomic E-state index is -0.439. The van der Waals surface area contributed by atoms with Crippen molar-refractivity contribution >= 4 is 0 Å². The van der Waals surface area contributed by atoms with Crippen molar-refractivity contribution in [1.29, 1.82) is 5.26 Å². The van der Waals surface area contributed by atoms with Crippen LogP contribution in [0, 0.1) is 17.1 Å². The summed E-state index contributed by atoms with van der Waals surface area (Å²) < 4.78 is 18.9. The maximum Gasteiger partial charge on any atom is 0.145 e. The van der Waals surface area contributed by atoms with Gasteiger partial charge in [0.05, 0.1) is 11.8 Å². The van der Waals surface area contributed by atoms with Crippen molar-refractivity contribution in [1.82, 2.24) is 5.32 Å². The van der Waals surface area contributed by atoms with E-state index in [9.17, 15) is 4.39 Å². The lowest BCUT2D eigenvalue weighted by Crippen LogP contribution is -2.17. The van der Waals surface area contributed by atoms with Crippen LogP contribution in [0.2, 0.25) is 0 Å². The van der Waals surface area contributed by atoms with Crippen molar-refractivity contribution in [3.8, 4) is 6.07 Å². The second-order valence-electron chi connectivity index (χ2n) is 3.90. The Hall–Kier alpha value is -2.12. The summed E-state index contributed by atoms with van der Waals surface area (Å²) in [5, 5.41) is 11.8. The number of nitriles is 1. The van der Waals surface area contributed by atoms with E-state index >= 15 is 0 Å². The lowest BCUT2D eigenvalue weighted by Gasteiger charge is -2.05. The van der Waals surface area contributed by atoms with Gasteiger partial charge in [-0.05, 0) is 18.2 Å². The van der Waals surface area contributed by atoms with Crippen molar-refractivity contribution in [2.75, 3.05) is 6.54 Å². The molecule has 1 heterocycles. The molecule has 0 unspecified atom stereocenters. The van der Waals surface area contributed by atoms with E-state index in [-0.39, 0.29) is 5.56 Å². The molecule has 0 aliphatic rings. The Labute approximate surface area is 105 Å². The third kappa shape index (κ3) is 2.96. The molecule has 0 saturated carbocycles. The van der Waals surface area contributed by atoms with Gasteiger partial charge >= 0.3 is 0 Å². The predicted octanol–water partition coefficient (Wildman–Crippen LogP) is 2.62. The highest BCUT2D eigenvalue weighted by Crippen LogP contribution is 2.11. The zero-order chi connectivity index (χ0) is 12.8. The molecule has 18 heavy (non-hydrogen) atoms. The first kappa shape index (κ1) is 12.3. The lowest BCUT2D eigenvalue weighted by atomic mass is 10.1. The fourth-order valence-electron chi connectivity index (χ4n) is 1.69. The zero-order valence-corrected chi connectivity index (χ0v) is 9.82. The number of hydrogen-bond acceptors (Lipinski definition) is 3. The molecular weight excluding hydrogens is 231 g/mol. The number of furan rings is 1. The molecule has 4 heteroatoms. The number of halogens is 1. The van der Waals surface area contributed by atoms with Crippen molar-refractivity contribution in [3.63, 3.8) is 0 Å². The zero-order valence-electron chi connectivity index (χ0n) is 9.82. The van der Waals surface area contributed by atoms with Crippen LogP contribution in [-0.2, 0) is 13.0 Å². The number of hydrogen-bond donors (Lipinski definition) is 1. The minimum Gasteiger partial charge on any atom is -0.469 e. The van der Waals surface area contributed by atoms with Gasteiger partial charge in [0.2, 0.25) is 0 Å². The Bertz CT molecular complexity index is 543. The molecule has 0 amide bonds. The lowest BCUT2D eigenvalue weighted by molar-refractivity contribution is 0.497. The number of benzene rings is 1. The first-order valence-electron chi connectivity index (χ1n) is 5.72. The molecule has 0 aliphatic heterocycles. The molecule has 0 bridgehead atoms. The second kappa shape index (κ2) is 5.99. The van der Waals surface area contributed by atoms with Gasteiger partial charge in [-0.15, -0.1) is 0 Å². The molecule has 2 rings (SSSR count). The van der Waals surface area contributed by atoms with Crippen LogP contribution in [0.15, 0.2) is 41.0 Å². The highest BCUT2D eigenvalue weighted by molar-refractivity contribution is 5.34. The van der Waals surface area contributed by atoms with E-state index in [1.165, 1.54) is 6.07 Å². The Morgan fingerprint density at radius 3 is 2.89 bits per heavy atom. The topological polar surface area (TPSA) is 49.0 Å². The first-order chi connectivity index (χ1) is 8.81. The van der Waals surface area contributed by atoms with E-state index in [0.29, 0.717) is 18.7 Å². The van der Waals surface area contributed by atoms with Gasteiger partial charge < -0.3 is 9.73 Å². The third-order valence-corrected chi connectivity index (χ3v) is 2.64. The maximum atomic E-state index is 13.7. The Kier molecular flexibility index (Phi) is 4.11. The maximum absolute atomic E-state index is 13.7. The normalized spacial score (nSPS) is 10.2. The van der Waals surface area contributed by atoms with Crippen LogP contribution in [0.25, 0.3) is 0 Å². The molecule has 92 valence electrons. The van der Waals surface area contributed by atoms with Gasteiger partial charge in [-0.2, -0.15) is 5.26 Å². The summed E-state index contributed by atoms with van der Waals surface area (Å²) in [6.07, 6.45) is 2.39. The fraction of sp³-hybridized carbons (Fsp3) is 0.214. The molecular formula is C14H13FN2O. The molecule has 0 spiro atoms. The van der Waals surface area contributed by atoms with Gasteiger partial charge in [0, 0.05) is 25.1 Å². The van der Waals surface area contributed by atoms with E-state index in [4.69, 9.17) is 9.68 Å². The Morgan fingerprint density at radius 1 is 1.28 bits per heavy atom. The van der Waals surface area contributed by atoms with Crippen LogP contribution in [0.4, 0.5) is 4.39 Å². The van der Waals surface area contributed by atoms with Crippen LogP contribution in [0.5, 0.6) is 0 Å². The monoisotopic (exact) mass is 244 g/mol. The summed E-state index contributed by atoms with van der Waals surface area (Å²) in [7, 11) is 0. The van der Waals surface area contributed by atoms with Crippen LogP contribution in [0.1, 0.15) is 16.9 Å². The molecule has 1 N–H and O–H groups in total. The van der Waals surface area contributed by atoms with Crippen molar-refractivity contribution in [2.45, 2.75) is 13.0 Å². The minimum absolute atomic E-state index is 0.0836. The molecule has 3 nitrogen and oxygen atoms in total. The molecule has 0 fully saturated rings. The summed E-state index contributed by atoms with van der Waals surface area (Å²) in [6.45, 7) is 1.10. The summed E-state index contributed by atoms with van der Waals surface area (Å²) in [5.41, 5.74) is 0.592. The molecule has 0 atom stereocenters. The SMILES string of the molecule is N#Cc1cccc(CNCCc2ccco2)c1F. The van der Waals surface area contributed by atoms with Crippen LogP contribution in [0.3, 0.4) is 0 Å². The van der Waals surface area contributed by atoms with Gasteiger partial charge in [-0.1, -0.05) is 12.1 Å².